The summed E-state index contributed by atoms with van der Waals surface area (Å²) in [5, 5.41) is 6.79. The Morgan fingerprint density at radius 1 is 1.20 bits per heavy atom. The molecule has 2 rings (SSSR count). The molecule has 0 spiro atoms. The molecule has 2 saturated carbocycles. The number of carbonyl (C=O) groups excluding carboxylic acids is 1. The van der Waals surface area contributed by atoms with E-state index < -0.39 is 0 Å². The lowest BCUT2D eigenvalue weighted by molar-refractivity contribution is -0.138. The van der Waals surface area contributed by atoms with Crippen molar-refractivity contribution in [2.24, 2.45) is 10.4 Å². The first-order chi connectivity index (χ1) is 11.9. The van der Waals surface area contributed by atoms with Crippen LogP contribution in [0.25, 0.3) is 0 Å². The zero-order chi connectivity index (χ0) is 18.4. The van der Waals surface area contributed by atoms with Gasteiger partial charge in [-0.05, 0) is 46.6 Å². The summed E-state index contributed by atoms with van der Waals surface area (Å²) in [6, 6.07) is 1.23. The summed E-state index contributed by atoms with van der Waals surface area (Å²) in [4.78, 5) is 21.7. The van der Waals surface area contributed by atoms with Crippen molar-refractivity contribution >= 4 is 11.9 Å². The maximum atomic E-state index is 12.7. The van der Waals surface area contributed by atoms with Crippen LogP contribution in [0.2, 0.25) is 0 Å². The summed E-state index contributed by atoms with van der Waals surface area (Å²) < 4.78 is 0. The summed E-state index contributed by atoms with van der Waals surface area (Å²) in [6.07, 6.45) is 6.81. The smallest absolute Gasteiger partial charge is 0.230 e. The summed E-state index contributed by atoms with van der Waals surface area (Å²) >= 11 is 0. The Hall–Kier alpha value is -1.30. The molecule has 6 nitrogen and oxygen atoms in total. The number of aliphatic imine (C=N–C) groups is 1. The number of nitrogens with one attached hydrogen (secondary N) is 2. The van der Waals surface area contributed by atoms with Crippen LogP contribution in [-0.4, -0.2) is 74.5 Å². The Morgan fingerprint density at radius 2 is 1.84 bits per heavy atom. The lowest BCUT2D eigenvalue weighted by atomic mass is 9.85. The van der Waals surface area contributed by atoms with Gasteiger partial charge in [0.2, 0.25) is 5.91 Å². The third-order valence-corrected chi connectivity index (χ3v) is 5.69. The first-order valence-electron chi connectivity index (χ1n) is 9.85. The van der Waals surface area contributed by atoms with Gasteiger partial charge in [0.1, 0.15) is 0 Å². The number of rotatable bonds is 8. The third-order valence-electron chi connectivity index (χ3n) is 5.69. The van der Waals surface area contributed by atoms with Crippen molar-refractivity contribution in [2.75, 3.05) is 40.8 Å². The molecule has 0 saturated heterocycles. The minimum Gasteiger partial charge on any atom is -0.357 e. The highest BCUT2D eigenvalue weighted by atomic mass is 16.2. The Morgan fingerprint density at radius 3 is 2.36 bits per heavy atom. The Bertz CT molecular complexity index is 466. The molecule has 0 radical (unpaired) electrons. The van der Waals surface area contributed by atoms with Gasteiger partial charge in [-0.25, -0.2) is 0 Å². The molecular formula is C19H37N5O. The van der Waals surface area contributed by atoms with Crippen molar-refractivity contribution in [3.8, 4) is 0 Å². The summed E-state index contributed by atoms with van der Waals surface area (Å²) in [6.45, 7) is 6.60. The fourth-order valence-corrected chi connectivity index (χ4v) is 3.77. The van der Waals surface area contributed by atoms with E-state index in [0.29, 0.717) is 12.6 Å². The van der Waals surface area contributed by atoms with Gasteiger partial charge in [0.05, 0.1) is 12.0 Å². The van der Waals surface area contributed by atoms with Gasteiger partial charge in [0, 0.05) is 39.3 Å². The van der Waals surface area contributed by atoms with Crippen LogP contribution in [0.4, 0.5) is 0 Å². The fourth-order valence-electron chi connectivity index (χ4n) is 3.77. The Labute approximate surface area is 153 Å². The van der Waals surface area contributed by atoms with Gasteiger partial charge in [-0.2, -0.15) is 0 Å². The summed E-state index contributed by atoms with van der Waals surface area (Å²) in [5.41, 5.74) is -0.303. The third kappa shape index (κ3) is 5.33. The number of nitrogens with zero attached hydrogens (tertiary/aromatic N) is 3. The van der Waals surface area contributed by atoms with Gasteiger partial charge in [0.15, 0.2) is 5.96 Å². The van der Waals surface area contributed by atoms with Gasteiger partial charge in [0.25, 0.3) is 0 Å². The van der Waals surface area contributed by atoms with Crippen molar-refractivity contribution in [1.29, 1.82) is 0 Å². The fraction of sp³-hybridized carbons (Fsp3) is 0.895. The van der Waals surface area contributed by atoms with E-state index in [-0.39, 0.29) is 11.3 Å². The van der Waals surface area contributed by atoms with Crippen LogP contribution >= 0.6 is 0 Å². The average Bonchev–Trinajstić information content (AvgIpc) is 3.34. The van der Waals surface area contributed by atoms with E-state index in [1.54, 1.807) is 4.90 Å². The van der Waals surface area contributed by atoms with Crippen LogP contribution in [-0.2, 0) is 4.79 Å². The summed E-state index contributed by atoms with van der Waals surface area (Å²) in [7, 11) is 5.91. The SMILES string of the molecule is CCNC(=NCC1(C(=O)N(C)C)CCCC1)NCC(C)N(C)C1CC1. The second kappa shape index (κ2) is 8.88. The topological polar surface area (TPSA) is 60.0 Å². The highest BCUT2D eigenvalue weighted by molar-refractivity contribution is 5.84. The van der Waals surface area contributed by atoms with Crippen molar-refractivity contribution in [3.63, 3.8) is 0 Å². The molecule has 144 valence electrons. The predicted octanol–water partition coefficient (Wildman–Crippen LogP) is 1.67. The van der Waals surface area contributed by atoms with Crippen LogP contribution in [0.3, 0.4) is 0 Å². The van der Waals surface area contributed by atoms with Crippen molar-refractivity contribution < 1.29 is 4.79 Å². The van der Waals surface area contributed by atoms with E-state index in [1.807, 2.05) is 14.1 Å². The van der Waals surface area contributed by atoms with Gasteiger partial charge in [-0.15, -0.1) is 0 Å². The first kappa shape index (κ1) is 20.0. The number of hydrogen-bond donors (Lipinski definition) is 2. The molecule has 1 unspecified atom stereocenters. The number of likely N-dealkylation sites (N-methyl/N-ethyl adjacent to an activating group) is 1. The largest absolute Gasteiger partial charge is 0.357 e. The van der Waals surface area contributed by atoms with Crippen molar-refractivity contribution in [3.05, 3.63) is 0 Å². The predicted molar refractivity (Wildman–Crippen MR) is 104 cm³/mol. The van der Waals surface area contributed by atoms with Crippen LogP contribution in [0.1, 0.15) is 52.4 Å². The normalized spacial score (nSPS) is 21.3. The molecule has 1 atom stereocenters. The van der Waals surface area contributed by atoms with E-state index in [9.17, 15) is 4.79 Å². The number of guanidine groups is 1. The van der Waals surface area contributed by atoms with Crippen LogP contribution < -0.4 is 10.6 Å². The molecule has 0 aromatic carbocycles. The first-order valence-corrected chi connectivity index (χ1v) is 9.85. The molecule has 2 fully saturated rings. The summed E-state index contributed by atoms with van der Waals surface area (Å²) in [5.74, 6) is 1.06. The molecule has 0 bridgehead atoms. The number of amides is 1. The second-order valence-corrected chi connectivity index (χ2v) is 8.01. The quantitative estimate of drug-likeness (QED) is 0.516. The lowest BCUT2D eigenvalue weighted by Gasteiger charge is -2.30. The number of carbonyl (C=O) groups is 1. The van der Waals surface area contributed by atoms with Gasteiger partial charge in [-0.1, -0.05) is 12.8 Å². The van der Waals surface area contributed by atoms with Gasteiger partial charge >= 0.3 is 0 Å². The average molecular weight is 352 g/mol. The van der Waals surface area contributed by atoms with E-state index in [0.717, 1.165) is 50.8 Å². The highest BCUT2D eigenvalue weighted by Crippen LogP contribution is 2.39. The minimum absolute atomic E-state index is 0.228. The molecule has 1 amide bonds. The molecule has 25 heavy (non-hydrogen) atoms. The Balaban J connectivity index is 1.96. The van der Waals surface area contributed by atoms with Gasteiger partial charge in [-0.3, -0.25) is 14.7 Å². The monoisotopic (exact) mass is 351 g/mol. The zero-order valence-electron chi connectivity index (χ0n) is 16.8. The minimum atomic E-state index is -0.303. The van der Waals surface area contributed by atoms with E-state index in [2.05, 4.69) is 36.4 Å². The molecule has 0 aliphatic heterocycles. The highest BCUT2D eigenvalue weighted by Gasteiger charge is 2.42. The molecule has 6 heteroatoms. The van der Waals surface area contributed by atoms with Crippen LogP contribution in [0.15, 0.2) is 4.99 Å². The second-order valence-electron chi connectivity index (χ2n) is 8.01. The molecule has 0 aromatic heterocycles. The maximum Gasteiger partial charge on any atom is 0.230 e. The van der Waals surface area contributed by atoms with E-state index in [4.69, 9.17) is 4.99 Å². The van der Waals surface area contributed by atoms with E-state index in [1.165, 1.54) is 12.8 Å². The molecule has 0 aromatic rings. The molecule has 0 heterocycles. The Kier molecular flexibility index (Phi) is 7.11. The molecule has 2 N–H and O–H groups in total. The van der Waals surface area contributed by atoms with Crippen LogP contribution in [0, 0.1) is 5.41 Å². The lowest BCUT2D eigenvalue weighted by Crippen LogP contribution is -2.46. The maximum absolute atomic E-state index is 12.7. The molecular weight excluding hydrogens is 314 g/mol. The standard InChI is InChI=1S/C19H37N5O/c1-6-20-18(21-13-15(2)24(5)16-9-10-16)22-14-19(11-7-8-12-19)17(25)23(3)4/h15-16H,6-14H2,1-5H3,(H2,20,21,22). The van der Waals surface area contributed by atoms with E-state index >= 15 is 0 Å². The number of hydrogen-bond acceptors (Lipinski definition) is 3. The zero-order valence-corrected chi connectivity index (χ0v) is 16.8. The van der Waals surface area contributed by atoms with Crippen molar-refractivity contribution in [1.82, 2.24) is 20.4 Å². The van der Waals surface area contributed by atoms with Crippen LogP contribution in [0.5, 0.6) is 0 Å². The molecule has 2 aliphatic rings. The van der Waals surface area contributed by atoms with Crippen molar-refractivity contribution in [2.45, 2.75) is 64.5 Å². The molecule has 2 aliphatic carbocycles. The van der Waals surface area contributed by atoms with Gasteiger partial charge < -0.3 is 15.5 Å².